The number of rotatable bonds is 7. The average Bonchev–Trinajstić information content (AvgIpc) is 2.91. The van der Waals surface area contributed by atoms with Crippen LogP contribution >= 0.6 is 15.9 Å². The number of nitrogens with one attached hydrogen (secondary N) is 1. The maximum Gasteiger partial charge on any atom is 0.0838 e. The van der Waals surface area contributed by atoms with Crippen LogP contribution < -0.4 is 5.32 Å². The zero-order valence-electron chi connectivity index (χ0n) is 12.5. The maximum absolute atomic E-state index is 6.20. The fourth-order valence-corrected chi connectivity index (χ4v) is 3.52. The molecular formula is C16H25BrN2O. The van der Waals surface area contributed by atoms with Gasteiger partial charge in [-0.1, -0.05) is 19.8 Å². The van der Waals surface area contributed by atoms with E-state index < -0.39 is 0 Å². The molecule has 0 saturated heterocycles. The van der Waals surface area contributed by atoms with Gasteiger partial charge >= 0.3 is 0 Å². The number of aromatic nitrogens is 1. The quantitative estimate of drug-likeness (QED) is 0.821. The van der Waals surface area contributed by atoms with Gasteiger partial charge in [0.15, 0.2) is 0 Å². The van der Waals surface area contributed by atoms with Gasteiger partial charge in [-0.2, -0.15) is 0 Å². The summed E-state index contributed by atoms with van der Waals surface area (Å²) in [5, 5.41) is 3.64. The first-order chi connectivity index (χ1) is 9.70. The molecule has 0 spiro atoms. The third-order valence-electron chi connectivity index (χ3n) is 4.17. The summed E-state index contributed by atoms with van der Waals surface area (Å²) in [5.41, 5.74) is 1.13. The summed E-state index contributed by atoms with van der Waals surface area (Å²) in [4.78, 5) is 4.52. The first-order valence-electron chi connectivity index (χ1n) is 7.68. The van der Waals surface area contributed by atoms with Crippen molar-refractivity contribution < 1.29 is 4.74 Å². The van der Waals surface area contributed by atoms with Crippen molar-refractivity contribution in [3.05, 3.63) is 28.5 Å². The minimum absolute atomic E-state index is 0.000483. The number of nitrogens with zero attached hydrogens (tertiary/aromatic N) is 1. The third kappa shape index (κ3) is 3.80. The van der Waals surface area contributed by atoms with Gasteiger partial charge < -0.3 is 10.1 Å². The topological polar surface area (TPSA) is 34.2 Å². The molecule has 0 bridgehead atoms. The lowest BCUT2D eigenvalue weighted by atomic mass is 9.88. The highest BCUT2D eigenvalue weighted by atomic mass is 79.9. The molecule has 20 heavy (non-hydrogen) atoms. The summed E-state index contributed by atoms with van der Waals surface area (Å²) in [6, 6.07) is 4.51. The molecular weight excluding hydrogens is 316 g/mol. The molecule has 112 valence electrons. The molecule has 1 aromatic rings. The van der Waals surface area contributed by atoms with Gasteiger partial charge in [-0.15, -0.1) is 0 Å². The molecule has 1 aromatic heterocycles. The molecule has 1 heterocycles. The van der Waals surface area contributed by atoms with Crippen molar-refractivity contribution in [2.45, 2.75) is 57.6 Å². The second kappa shape index (κ2) is 7.53. The number of halogens is 1. The van der Waals surface area contributed by atoms with E-state index in [-0.39, 0.29) is 5.60 Å². The largest absolute Gasteiger partial charge is 0.374 e. The summed E-state index contributed by atoms with van der Waals surface area (Å²) < 4.78 is 7.23. The van der Waals surface area contributed by atoms with Gasteiger partial charge in [0, 0.05) is 35.4 Å². The first kappa shape index (κ1) is 15.9. The van der Waals surface area contributed by atoms with Gasteiger partial charge in [-0.3, -0.25) is 4.98 Å². The monoisotopic (exact) mass is 340 g/mol. The average molecular weight is 341 g/mol. The molecule has 4 heteroatoms. The molecule has 0 aromatic carbocycles. The van der Waals surface area contributed by atoms with Gasteiger partial charge in [0.05, 0.1) is 5.60 Å². The van der Waals surface area contributed by atoms with E-state index in [0.29, 0.717) is 6.04 Å². The zero-order valence-corrected chi connectivity index (χ0v) is 14.1. The van der Waals surface area contributed by atoms with Crippen molar-refractivity contribution in [1.82, 2.24) is 10.3 Å². The maximum atomic E-state index is 6.20. The first-order valence-corrected chi connectivity index (χ1v) is 8.47. The Morgan fingerprint density at radius 3 is 2.65 bits per heavy atom. The number of pyridine rings is 1. The van der Waals surface area contributed by atoms with E-state index in [1.807, 2.05) is 6.20 Å². The van der Waals surface area contributed by atoms with E-state index in [2.05, 4.69) is 52.2 Å². The molecule has 1 unspecified atom stereocenters. The van der Waals surface area contributed by atoms with Crippen molar-refractivity contribution in [3.8, 4) is 0 Å². The van der Waals surface area contributed by atoms with Crippen LogP contribution in [-0.4, -0.2) is 29.8 Å². The Morgan fingerprint density at radius 2 is 2.10 bits per heavy atom. The minimum Gasteiger partial charge on any atom is -0.374 e. The van der Waals surface area contributed by atoms with Crippen molar-refractivity contribution in [2.75, 3.05) is 13.2 Å². The predicted molar refractivity (Wildman–Crippen MR) is 85.9 cm³/mol. The second-order valence-electron chi connectivity index (χ2n) is 5.49. The van der Waals surface area contributed by atoms with Gasteiger partial charge in [-0.25, -0.2) is 0 Å². The summed E-state index contributed by atoms with van der Waals surface area (Å²) in [6.07, 6.45) is 7.68. The molecule has 2 rings (SSSR count). The lowest BCUT2D eigenvalue weighted by molar-refractivity contribution is -0.0611. The van der Waals surface area contributed by atoms with Gasteiger partial charge in [0.25, 0.3) is 0 Å². The van der Waals surface area contributed by atoms with Crippen LogP contribution in [0.4, 0.5) is 0 Å². The lowest BCUT2D eigenvalue weighted by Gasteiger charge is -2.38. The van der Waals surface area contributed by atoms with Gasteiger partial charge in [-0.05, 0) is 54.4 Å². The van der Waals surface area contributed by atoms with Gasteiger partial charge in [0.1, 0.15) is 0 Å². The molecule has 0 aliphatic heterocycles. The van der Waals surface area contributed by atoms with Crippen LogP contribution in [0.1, 0.15) is 45.2 Å². The number of hydrogen-bond donors (Lipinski definition) is 1. The molecule has 0 radical (unpaired) electrons. The summed E-state index contributed by atoms with van der Waals surface area (Å²) in [7, 11) is 0. The Labute approximate surface area is 130 Å². The normalized spacial score (nSPS) is 19.1. The van der Waals surface area contributed by atoms with E-state index in [1.165, 1.54) is 12.8 Å². The highest BCUT2D eigenvalue weighted by molar-refractivity contribution is 9.10. The SMILES string of the molecule is CCNC(Cc1ccc(Br)cn1)C1(OCC)CCCC1. The molecule has 0 amide bonds. The van der Waals surface area contributed by atoms with E-state index in [4.69, 9.17) is 4.74 Å². The van der Waals surface area contributed by atoms with Gasteiger partial charge in [0.2, 0.25) is 0 Å². The van der Waals surface area contributed by atoms with E-state index in [0.717, 1.165) is 42.6 Å². The molecule has 1 atom stereocenters. The van der Waals surface area contributed by atoms with E-state index in [1.54, 1.807) is 0 Å². The van der Waals surface area contributed by atoms with Crippen molar-refractivity contribution >= 4 is 15.9 Å². The molecule has 1 fully saturated rings. The van der Waals surface area contributed by atoms with Crippen LogP contribution in [0.5, 0.6) is 0 Å². The predicted octanol–water partition coefficient (Wildman–Crippen LogP) is 3.71. The van der Waals surface area contributed by atoms with Crippen LogP contribution in [0.3, 0.4) is 0 Å². The van der Waals surface area contributed by atoms with Crippen LogP contribution in [0, 0.1) is 0 Å². The Morgan fingerprint density at radius 1 is 1.35 bits per heavy atom. The van der Waals surface area contributed by atoms with Crippen molar-refractivity contribution in [2.24, 2.45) is 0 Å². The Hall–Kier alpha value is -0.450. The lowest BCUT2D eigenvalue weighted by Crippen LogP contribution is -2.52. The van der Waals surface area contributed by atoms with Crippen LogP contribution in [0.25, 0.3) is 0 Å². The minimum atomic E-state index is -0.000483. The van der Waals surface area contributed by atoms with E-state index >= 15 is 0 Å². The fraction of sp³-hybridized carbons (Fsp3) is 0.688. The summed E-state index contributed by atoms with van der Waals surface area (Å²) >= 11 is 3.44. The van der Waals surface area contributed by atoms with Crippen LogP contribution in [0.15, 0.2) is 22.8 Å². The Balaban J connectivity index is 2.14. The van der Waals surface area contributed by atoms with Crippen LogP contribution in [0.2, 0.25) is 0 Å². The molecule has 3 nitrogen and oxygen atoms in total. The Kier molecular flexibility index (Phi) is 6.00. The third-order valence-corrected chi connectivity index (χ3v) is 4.64. The van der Waals surface area contributed by atoms with Crippen molar-refractivity contribution in [3.63, 3.8) is 0 Å². The fourth-order valence-electron chi connectivity index (χ4n) is 3.28. The number of likely N-dealkylation sites (N-methyl/N-ethyl adjacent to an activating group) is 1. The number of ether oxygens (including phenoxy) is 1. The van der Waals surface area contributed by atoms with E-state index in [9.17, 15) is 0 Å². The van der Waals surface area contributed by atoms with Crippen LogP contribution in [-0.2, 0) is 11.2 Å². The molecule has 1 N–H and O–H groups in total. The number of hydrogen-bond acceptors (Lipinski definition) is 3. The molecule has 1 aliphatic rings. The summed E-state index contributed by atoms with van der Waals surface area (Å²) in [6.45, 7) is 6.02. The second-order valence-corrected chi connectivity index (χ2v) is 6.40. The molecule has 1 aliphatic carbocycles. The molecule has 1 saturated carbocycles. The smallest absolute Gasteiger partial charge is 0.0838 e. The zero-order chi connectivity index (χ0) is 14.4. The standard InChI is InChI=1S/C16H25BrN2O/c1-3-18-15(11-14-8-7-13(17)12-19-14)16(20-4-2)9-5-6-10-16/h7-8,12,15,18H,3-6,9-11H2,1-2H3. The highest BCUT2D eigenvalue weighted by Gasteiger charge is 2.41. The Bertz CT molecular complexity index is 401. The van der Waals surface area contributed by atoms with Crippen molar-refractivity contribution in [1.29, 1.82) is 0 Å². The summed E-state index contributed by atoms with van der Waals surface area (Å²) in [5.74, 6) is 0. The highest BCUT2D eigenvalue weighted by Crippen LogP contribution is 2.37.